The van der Waals surface area contributed by atoms with Gasteiger partial charge in [0, 0.05) is 24.9 Å². The van der Waals surface area contributed by atoms with Gasteiger partial charge in [0.15, 0.2) is 0 Å². The Bertz CT molecular complexity index is 1220. The average molecular weight is 501 g/mol. The second kappa shape index (κ2) is 10.4. The highest BCUT2D eigenvalue weighted by Crippen LogP contribution is 2.38. The van der Waals surface area contributed by atoms with Crippen molar-refractivity contribution >= 4 is 35.5 Å². The molecule has 1 heterocycles. The van der Waals surface area contributed by atoms with E-state index in [0.717, 1.165) is 12.8 Å². The Balaban J connectivity index is 1.49. The summed E-state index contributed by atoms with van der Waals surface area (Å²) in [4.78, 5) is 39.3. The van der Waals surface area contributed by atoms with Crippen LogP contribution in [0, 0.1) is 5.41 Å². The van der Waals surface area contributed by atoms with Crippen molar-refractivity contribution in [1.29, 1.82) is 0 Å². The van der Waals surface area contributed by atoms with E-state index in [0.29, 0.717) is 13.1 Å². The zero-order valence-electron chi connectivity index (χ0n) is 22.1. The molecule has 1 aliphatic heterocycles. The Labute approximate surface area is 219 Å². The lowest BCUT2D eigenvalue weighted by Crippen LogP contribution is -2.55. The van der Waals surface area contributed by atoms with Crippen molar-refractivity contribution in [2.45, 2.75) is 58.9 Å². The molecule has 1 fully saturated rings. The quantitative estimate of drug-likeness (QED) is 0.492. The van der Waals surface area contributed by atoms with Crippen LogP contribution in [-0.2, 0) is 14.4 Å². The van der Waals surface area contributed by atoms with E-state index in [1.807, 2.05) is 4.90 Å². The molecule has 2 aromatic rings. The van der Waals surface area contributed by atoms with Gasteiger partial charge in [-0.1, -0.05) is 87.0 Å². The SMILES string of the molecule is CC(C)(C)C(=O)N[C@@](C)(CCC(=O)N1CCC(=C2c3ccccc3C=Cc3ccccc32)CC1)C(=O)O. The van der Waals surface area contributed by atoms with E-state index in [9.17, 15) is 19.5 Å². The minimum atomic E-state index is -1.50. The molecule has 2 aliphatic rings. The van der Waals surface area contributed by atoms with Gasteiger partial charge < -0.3 is 15.3 Å². The third-order valence-corrected chi connectivity index (χ3v) is 7.36. The van der Waals surface area contributed by atoms with Gasteiger partial charge in [0.05, 0.1) is 0 Å². The van der Waals surface area contributed by atoms with E-state index in [4.69, 9.17) is 0 Å². The molecule has 1 saturated heterocycles. The molecule has 0 bridgehead atoms. The van der Waals surface area contributed by atoms with Gasteiger partial charge in [0.2, 0.25) is 11.8 Å². The summed E-state index contributed by atoms with van der Waals surface area (Å²) >= 11 is 0. The third kappa shape index (κ3) is 5.68. The molecule has 194 valence electrons. The number of likely N-dealkylation sites (tertiary alicyclic amines) is 1. The van der Waals surface area contributed by atoms with Crippen LogP contribution in [0.2, 0.25) is 0 Å². The van der Waals surface area contributed by atoms with E-state index < -0.39 is 16.9 Å². The standard InChI is InChI=1S/C31H36N2O4/c1-30(2,3)28(35)32-31(4,29(36)37)18-15-26(34)33-19-16-23(17-20-33)27-24-11-7-5-9-21(24)13-14-22-10-6-8-12-25(22)27/h5-14H,15-20H2,1-4H3,(H,32,35)(H,36,37)/t31-/m0/s1. The van der Waals surface area contributed by atoms with Gasteiger partial charge in [-0.05, 0) is 54.0 Å². The number of hydrogen-bond donors (Lipinski definition) is 2. The van der Waals surface area contributed by atoms with E-state index in [1.165, 1.54) is 40.3 Å². The van der Waals surface area contributed by atoms with Gasteiger partial charge in [-0.2, -0.15) is 0 Å². The molecule has 0 spiro atoms. The Morgan fingerprint density at radius 1 is 0.865 bits per heavy atom. The van der Waals surface area contributed by atoms with Crippen LogP contribution in [0.5, 0.6) is 0 Å². The number of rotatable bonds is 5. The summed E-state index contributed by atoms with van der Waals surface area (Å²) in [6.45, 7) is 7.85. The Kier molecular flexibility index (Phi) is 7.39. The smallest absolute Gasteiger partial charge is 0.329 e. The molecule has 0 aromatic heterocycles. The number of fused-ring (bicyclic) bond motifs is 2. The fourth-order valence-corrected chi connectivity index (χ4v) is 4.90. The summed E-state index contributed by atoms with van der Waals surface area (Å²) in [6, 6.07) is 16.8. The highest BCUT2D eigenvalue weighted by Gasteiger charge is 2.38. The number of carboxylic acid groups (broad SMARTS) is 1. The first kappa shape index (κ1) is 26.4. The van der Waals surface area contributed by atoms with Crippen molar-refractivity contribution in [2.75, 3.05) is 13.1 Å². The van der Waals surface area contributed by atoms with Gasteiger partial charge in [0.25, 0.3) is 0 Å². The first-order chi connectivity index (χ1) is 17.5. The van der Waals surface area contributed by atoms with E-state index >= 15 is 0 Å². The molecule has 0 radical (unpaired) electrons. The van der Waals surface area contributed by atoms with Crippen molar-refractivity contribution in [3.63, 3.8) is 0 Å². The van der Waals surface area contributed by atoms with Crippen LogP contribution in [0.25, 0.3) is 17.7 Å². The Morgan fingerprint density at radius 2 is 1.38 bits per heavy atom. The van der Waals surface area contributed by atoms with Gasteiger partial charge in [-0.15, -0.1) is 0 Å². The molecule has 1 atom stereocenters. The van der Waals surface area contributed by atoms with Crippen molar-refractivity contribution < 1.29 is 19.5 Å². The minimum Gasteiger partial charge on any atom is -0.480 e. The molecule has 0 saturated carbocycles. The Morgan fingerprint density at radius 3 is 1.86 bits per heavy atom. The maximum Gasteiger partial charge on any atom is 0.329 e. The third-order valence-electron chi connectivity index (χ3n) is 7.36. The number of amides is 2. The van der Waals surface area contributed by atoms with Crippen LogP contribution >= 0.6 is 0 Å². The van der Waals surface area contributed by atoms with Crippen LogP contribution < -0.4 is 5.32 Å². The number of piperidine rings is 1. The number of nitrogens with one attached hydrogen (secondary N) is 1. The van der Waals surface area contributed by atoms with Gasteiger partial charge in [-0.25, -0.2) is 4.79 Å². The van der Waals surface area contributed by atoms with Gasteiger partial charge >= 0.3 is 5.97 Å². The van der Waals surface area contributed by atoms with Crippen LogP contribution in [-0.4, -0.2) is 46.4 Å². The fourth-order valence-electron chi connectivity index (χ4n) is 4.90. The molecule has 1 aliphatic carbocycles. The van der Waals surface area contributed by atoms with E-state index in [1.54, 1.807) is 20.8 Å². The maximum absolute atomic E-state index is 13.1. The number of carbonyl (C=O) groups is 3. The lowest BCUT2D eigenvalue weighted by Gasteiger charge is -2.33. The lowest BCUT2D eigenvalue weighted by molar-refractivity contribution is -0.149. The second-order valence-electron chi connectivity index (χ2n) is 11.2. The largest absolute Gasteiger partial charge is 0.480 e. The molecular formula is C31H36N2O4. The summed E-state index contributed by atoms with van der Waals surface area (Å²) in [6.07, 6.45) is 5.96. The number of carbonyl (C=O) groups excluding carboxylic acids is 2. The number of hydrogen-bond acceptors (Lipinski definition) is 3. The van der Waals surface area contributed by atoms with Gasteiger partial charge in [0.1, 0.15) is 5.54 Å². The monoisotopic (exact) mass is 500 g/mol. The first-order valence-electron chi connectivity index (χ1n) is 12.9. The van der Waals surface area contributed by atoms with Crippen LogP contribution in [0.1, 0.15) is 75.6 Å². The fraction of sp³-hybridized carbons (Fsp3) is 0.387. The summed E-state index contributed by atoms with van der Waals surface area (Å²) in [5.41, 5.74) is 5.17. The molecule has 2 N–H and O–H groups in total. The molecule has 6 nitrogen and oxygen atoms in total. The normalized spacial score (nSPS) is 16.8. The summed E-state index contributed by atoms with van der Waals surface area (Å²) in [5.74, 6) is -1.56. The summed E-state index contributed by atoms with van der Waals surface area (Å²) in [7, 11) is 0. The number of carboxylic acids is 1. The highest BCUT2D eigenvalue weighted by atomic mass is 16.4. The summed E-state index contributed by atoms with van der Waals surface area (Å²) in [5, 5.41) is 12.4. The number of benzene rings is 2. The van der Waals surface area contributed by atoms with Crippen molar-refractivity contribution in [3.8, 4) is 0 Å². The number of aliphatic carboxylic acids is 1. The minimum absolute atomic E-state index is 0.0415. The van der Waals surface area contributed by atoms with Crippen molar-refractivity contribution in [2.24, 2.45) is 5.41 Å². The first-order valence-corrected chi connectivity index (χ1v) is 12.9. The lowest BCUT2D eigenvalue weighted by atomic mass is 9.86. The van der Waals surface area contributed by atoms with E-state index in [-0.39, 0.29) is 24.7 Å². The molecule has 4 rings (SSSR count). The van der Waals surface area contributed by atoms with Crippen LogP contribution in [0.15, 0.2) is 54.1 Å². The van der Waals surface area contributed by atoms with E-state index in [2.05, 4.69) is 66.0 Å². The molecule has 2 amide bonds. The van der Waals surface area contributed by atoms with Crippen LogP contribution in [0.4, 0.5) is 0 Å². The zero-order valence-corrected chi connectivity index (χ0v) is 22.1. The van der Waals surface area contributed by atoms with Crippen molar-refractivity contribution in [3.05, 3.63) is 76.4 Å². The zero-order chi connectivity index (χ0) is 26.8. The molecular weight excluding hydrogens is 464 g/mol. The molecule has 2 aromatic carbocycles. The Hall–Kier alpha value is -3.67. The number of nitrogens with zero attached hydrogens (tertiary/aromatic N) is 1. The molecule has 6 heteroatoms. The summed E-state index contributed by atoms with van der Waals surface area (Å²) < 4.78 is 0. The molecule has 37 heavy (non-hydrogen) atoms. The maximum atomic E-state index is 13.1. The average Bonchev–Trinajstić information content (AvgIpc) is 3.04. The predicted octanol–water partition coefficient (Wildman–Crippen LogP) is 5.38. The van der Waals surface area contributed by atoms with Gasteiger partial charge in [-0.3, -0.25) is 9.59 Å². The van der Waals surface area contributed by atoms with Crippen molar-refractivity contribution in [1.82, 2.24) is 10.2 Å². The topological polar surface area (TPSA) is 86.7 Å². The molecule has 0 unspecified atom stereocenters. The highest BCUT2D eigenvalue weighted by molar-refractivity contribution is 5.95. The predicted molar refractivity (Wildman–Crippen MR) is 147 cm³/mol. The second-order valence-corrected chi connectivity index (χ2v) is 11.2. The van der Waals surface area contributed by atoms with Crippen LogP contribution in [0.3, 0.4) is 0 Å².